The van der Waals surface area contributed by atoms with Gasteiger partial charge in [-0.15, -0.1) is 0 Å². The number of carbonyl (C=O) groups excluding carboxylic acids is 3. The minimum Gasteiger partial charge on any atom is -0.494 e. The number of nitrogens with one attached hydrogen (secondary N) is 2. The summed E-state index contributed by atoms with van der Waals surface area (Å²) in [6.07, 6.45) is -4.71. The molecule has 0 unspecified atom stereocenters. The molecule has 7 nitrogen and oxygen atoms in total. The molecule has 0 bridgehead atoms. The Balaban J connectivity index is 1.40. The second kappa shape index (κ2) is 11.4. The highest BCUT2D eigenvalue weighted by atomic mass is 19.4. The monoisotopic (exact) mass is 525 g/mol. The molecule has 3 aromatic rings. The van der Waals surface area contributed by atoms with Crippen molar-refractivity contribution in [2.45, 2.75) is 26.1 Å². The van der Waals surface area contributed by atoms with E-state index in [1.165, 1.54) is 17.0 Å². The summed E-state index contributed by atoms with van der Waals surface area (Å²) in [5, 5.41) is 5.52. The molecule has 3 aromatic carbocycles. The second-order valence-corrected chi connectivity index (χ2v) is 8.75. The molecule has 1 aliphatic heterocycles. The smallest absolute Gasteiger partial charge is 0.416 e. The lowest BCUT2D eigenvalue weighted by molar-refractivity contribution is -0.137. The predicted molar refractivity (Wildman–Crippen MR) is 136 cm³/mol. The average Bonchev–Trinajstić information content (AvgIpc) is 3.30. The first kappa shape index (κ1) is 26.7. The number of alkyl halides is 3. The summed E-state index contributed by atoms with van der Waals surface area (Å²) in [6, 6.07) is 18.2. The number of nitrogens with zero attached hydrogens (tertiary/aromatic N) is 1. The second-order valence-electron chi connectivity index (χ2n) is 8.75. The highest BCUT2D eigenvalue weighted by molar-refractivity contribution is 6.07. The van der Waals surface area contributed by atoms with Gasteiger partial charge < -0.3 is 20.3 Å². The van der Waals surface area contributed by atoms with E-state index in [-0.39, 0.29) is 36.4 Å². The van der Waals surface area contributed by atoms with E-state index in [2.05, 4.69) is 10.6 Å². The average molecular weight is 526 g/mol. The summed E-state index contributed by atoms with van der Waals surface area (Å²) in [4.78, 5) is 39.6. The molecule has 10 heteroatoms. The molecular weight excluding hydrogens is 499 g/mol. The third-order valence-corrected chi connectivity index (χ3v) is 6.10. The quantitative estimate of drug-likeness (QED) is 0.432. The van der Waals surface area contributed by atoms with Gasteiger partial charge in [0.25, 0.3) is 5.91 Å². The Morgan fingerprint density at radius 3 is 2.47 bits per heavy atom. The molecule has 0 aliphatic carbocycles. The number of benzene rings is 3. The fourth-order valence-corrected chi connectivity index (χ4v) is 4.16. The van der Waals surface area contributed by atoms with Crippen LogP contribution in [0.15, 0.2) is 72.8 Å². The molecule has 38 heavy (non-hydrogen) atoms. The number of anilines is 2. The number of rotatable bonds is 8. The number of carbonyl (C=O) groups is 3. The van der Waals surface area contributed by atoms with Crippen LogP contribution in [0.3, 0.4) is 0 Å². The molecule has 2 N–H and O–H groups in total. The zero-order chi connectivity index (χ0) is 27.3. The van der Waals surface area contributed by atoms with Gasteiger partial charge in [0, 0.05) is 25.2 Å². The first-order valence-corrected chi connectivity index (χ1v) is 12.0. The third kappa shape index (κ3) is 6.31. The van der Waals surface area contributed by atoms with Crippen LogP contribution in [0.4, 0.5) is 24.5 Å². The Hall–Kier alpha value is -4.34. The zero-order valence-electron chi connectivity index (χ0n) is 20.5. The Morgan fingerprint density at radius 1 is 1.03 bits per heavy atom. The van der Waals surface area contributed by atoms with Crippen molar-refractivity contribution < 1.29 is 32.3 Å². The number of amides is 3. The van der Waals surface area contributed by atoms with Crippen LogP contribution in [0.1, 0.15) is 34.8 Å². The van der Waals surface area contributed by atoms with Crippen molar-refractivity contribution in [3.8, 4) is 5.75 Å². The van der Waals surface area contributed by atoms with E-state index < -0.39 is 35.4 Å². The molecule has 3 amide bonds. The molecule has 1 heterocycles. The third-order valence-electron chi connectivity index (χ3n) is 6.10. The van der Waals surface area contributed by atoms with E-state index in [0.29, 0.717) is 6.61 Å². The molecule has 1 atom stereocenters. The van der Waals surface area contributed by atoms with Gasteiger partial charge in [0.2, 0.25) is 11.8 Å². The molecule has 4 rings (SSSR count). The first-order chi connectivity index (χ1) is 18.2. The van der Waals surface area contributed by atoms with Gasteiger partial charge in [0.05, 0.1) is 29.3 Å². The first-order valence-electron chi connectivity index (χ1n) is 12.0. The van der Waals surface area contributed by atoms with E-state index in [9.17, 15) is 27.6 Å². The lowest BCUT2D eigenvalue weighted by atomic mass is 10.1. The van der Waals surface area contributed by atoms with E-state index in [0.717, 1.165) is 23.4 Å². The maximum Gasteiger partial charge on any atom is 0.416 e. The molecule has 198 valence electrons. The van der Waals surface area contributed by atoms with Crippen molar-refractivity contribution in [1.82, 2.24) is 5.32 Å². The Morgan fingerprint density at radius 2 is 1.76 bits per heavy atom. The van der Waals surface area contributed by atoms with Crippen LogP contribution in [-0.4, -0.2) is 30.9 Å². The van der Waals surface area contributed by atoms with E-state index in [1.807, 2.05) is 31.2 Å². The van der Waals surface area contributed by atoms with Crippen LogP contribution >= 0.6 is 0 Å². The topological polar surface area (TPSA) is 87.7 Å². The molecule has 1 aliphatic rings. The Bertz CT molecular complexity index is 1330. The molecule has 0 aromatic heterocycles. The molecule has 1 fully saturated rings. The maximum atomic E-state index is 13.1. The normalized spacial score (nSPS) is 15.3. The van der Waals surface area contributed by atoms with Gasteiger partial charge in [-0.05, 0) is 55.0 Å². The van der Waals surface area contributed by atoms with Gasteiger partial charge in [0.1, 0.15) is 5.75 Å². The van der Waals surface area contributed by atoms with Gasteiger partial charge in [-0.25, -0.2) is 0 Å². The van der Waals surface area contributed by atoms with E-state index in [1.54, 1.807) is 24.3 Å². The molecule has 1 saturated heterocycles. The highest BCUT2D eigenvalue weighted by Gasteiger charge is 2.37. The largest absolute Gasteiger partial charge is 0.494 e. The SMILES string of the molecule is CCOc1ccc(CNC(=O)c2ccccc2NC(=O)[C@H]2CC(=O)N(c3cccc(C(F)(F)F)c3)C2)cc1. The van der Waals surface area contributed by atoms with Crippen LogP contribution in [0.5, 0.6) is 5.75 Å². The fraction of sp³-hybridized carbons (Fsp3) is 0.250. The summed E-state index contributed by atoms with van der Waals surface area (Å²) in [5.41, 5.74) is 0.579. The number of halogens is 3. The Kier molecular flexibility index (Phi) is 7.99. The molecule has 0 radical (unpaired) electrons. The van der Waals surface area contributed by atoms with Crippen molar-refractivity contribution in [2.24, 2.45) is 5.92 Å². The van der Waals surface area contributed by atoms with Crippen molar-refractivity contribution >= 4 is 29.1 Å². The number of ether oxygens (including phenoxy) is 1. The van der Waals surface area contributed by atoms with Crippen LogP contribution in [-0.2, 0) is 22.3 Å². The molecule has 0 spiro atoms. The lowest BCUT2D eigenvalue weighted by Gasteiger charge is -2.18. The predicted octanol–water partition coefficient (Wildman–Crippen LogP) is 5.03. The van der Waals surface area contributed by atoms with Crippen molar-refractivity contribution in [1.29, 1.82) is 0 Å². The summed E-state index contributed by atoms with van der Waals surface area (Å²) in [5.74, 6) is -1.42. The number of hydrogen-bond acceptors (Lipinski definition) is 4. The lowest BCUT2D eigenvalue weighted by Crippen LogP contribution is -2.29. The van der Waals surface area contributed by atoms with Gasteiger partial charge in [-0.1, -0.05) is 30.3 Å². The number of hydrogen-bond donors (Lipinski definition) is 2. The minimum absolute atomic E-state index is 0.0713. The van der Waals surface area contributed by atoms with Crippen molar-refractivity contribution in [2.75, 3.05) is 23.4 Å². The van der Waals surface area contributed by atoms with Gasteiger partial charge in [0.15, 0.2) is 0 Å². The van der Waals surface area contributed by atoms with Crippen molar-refractivity contribution in [3.05, 3.63) is 89.5 Å². The van der Waals surface area contributed by atoms with E-state index >= 15 is 0 Å². The maximum absolute atomic E-state index is 13.1. The van der Waals surface area contributed by atoms with Gasteiger partial charge in [-0.3, -0.25) is 14.4 Å². The zero-order valence-corrected chi connectivity index (χ0v) is 20.5. The standard InChI is InChI=1S/C28H26F3N3O4/c1-2-38-22-12-10-18(11-13-22)16-32-27(37)23-8-3-4-9-24(23)33-26(36)19-14-25(35)34(17-19)21-7-5-6-20(15-21)28(29,30)31/h3-13,15,19H,2,14,16-17H2,1H3,(H,32,37)(H,33,36)/t19-/m0/s1. The molecular formula is C28H26F3N3O4. The van der Waals surface area contributed by atoms with Crippen LogP contribution in [0.25, 0.3) is 0 Å². The van der Waals surface area contributed by atoms with Crippen LogP contribution in [0, 0.1) is 5.92 Å². The van der Waals surface area contributed by atoms with Crippen LogP contribution < -0.4 is 20.3 Å². The van der Waals surface area contributed by atoms with Gasteiger partial charge in [-0.2, -0.15) is 13.2 Å². The Labute approximate surface area is 217 Å². The minimum atomic E-state index is -4.55. The summed E-state index contributed by atoms with van der Waals surface area (Å²) >= 11 is 0. The molecule has 0 saturated carbocycles. The fourth-order valence-electron chi connectivity index (χ4n) is 4.16. The summed E-state index contributed by atoms with van der Waals surface area (Å²) in [6.45, 7) is 2.63. The van der Waals surface area contributed by atoms with Gasteiger partial charge >= 0.3 is 6.18 Å². The number of para-hydroxylation sites is 1. The highest BCUT2D eigenvalue weighted by Crippen LogP contribution is 2.33. The van der Waals surface area contributed by atoms with E-state index in [4.69, 9.17) is 4.74 Å². The summed E-state index contributed by atoms with van der Waals surface area (Å²) in [7, 11) is 0. The van der Waals surface area contributed by atoms with Crippen molar-refractivity contribution in [3.63, 3.8) is 0 Å². The van der Waals surface area contributed by atoms with Crippen LogP contribution in [0.2, 0.25) is 0 Å². The summed E-state index contributed by atoms with van der Waals surface area (Å²) < 4.78 is 44.7.